The van der Waals surface area contributed by atoms with Gasteiger partial charge in [0.25, 0.3) is 0 Å². The SMILES string of the molecule is CCCNCC(C)=Cc1ccc(F)c(Br)c1. The van der Waals surface area contributed by atoms with Crippen molar-refractivity contribution < 1.29 is 4.39 Å². The second-order valence-corrected chi connectivity index (χ2v) is 4.70. The summed E-state index contributed by atoms with van der Waals surface area (Å²) in [6.07, 6.45) is 3.20. The highest BCUT2D eigenvalue weighted by Crippen LogP contribution is 2.18. The molecular formula is C13H17BrFN. The van der Waals surface area contributed by atoms with Gasteiger partial charge in [-0.05, 0) is 53.5 Å². The van der Waals surface area contributed by atoms with Gasteiger partial charge in [-0.15, -0.1) is 0 Å². The summed E-state index contributed by atoms with van der Waals surface area (Å²) in [5, 5.41) is 3.33. The average molecular weight is 286 g/mol. The first-order valence-electron chi connectivity index (χ1n) is 5.46. The van der Waals surface area contributed by atoms with Crippen LogP contribution in [0, 0.1) is 5.82 Å². The molecule has 1 aromatic carbocycles. The first-order valence-corrected chi connectivity index (χ1v) is 6.25. The van der Waals surface area contributed by atoms with Crippen LogP contribution in [0.2, 0.25) is 0 Å². The zero-order valence-corrected chi connectivity index (χ0v) is 11.3. The Balaban J connectivity index is 2.63. The molecular weight excluding hydrogens is 269 g/mol. The monoisotopic (exact) mass is 285 g/mol. The van der Waals surface area contributed by atoms with Crippen molar-refractivity contribution in [2.45, 2.75) is 20.3 Å². The number of rotatable bonds is 5. The fourth-order valence-corrected chi connectivity index (χ4v) is 1.80. The van der Waals surface area contributed by atoms with E-state index in [9.17, 15) is 4.39 Å². The molecule has 0 aliphatic heterocycles. The first kappa shape index (κ1) is 13.4. The first-order chi connectivity index (χ1) is 7.63. The minimum absolute atomic E-state index is 0.223. The summed E-state index contributed by atoms with van der Waals surface area (Å²) in [6.45, 7) is 6.12. The molecule has 0 aromatic heterocycles. The van der Waals surface area contributed by atoms with Crippen LogP contribution in [0.3, 0.4) is 0 Å². The van der Waals surface area contributed by atoms with Crippen LogP contribution < -0.4 is 5.32 Å². The van der Waals surface area contributed by atoms with E-state index in [1.165, 1.54) is 11.6 Å². The van der Waals surface area contributed by atoms with E-state index >= 15 is 0 Å². The maximum absolute atomic E-state index is 13.0. The molecule has 0 heterocycles. The second-order valence-electron chi connectivity index (χ2n) is 3.84. The van der Waals surface area contributed by atoms with E-state index in [0.29, 0.717) is 4.47 Å². The second kappa shape index (κ2) is 6.81. The molecule has 0 amide bonds. The molecule has 0 saturated carbocycles. The summed E-state index contributed by atoms with van der Waals surface area (Å²) < 4.78 is 13.5. The van der Waals surface area contributed by atoms with Crippen molar-refractivity contribution in [1.82, 2.24) is 5.32 Å². The van der Waals surface area contributed by atoms with Crippen molar-refractivity contribution >= 4 is 22.0 Å². The predicted octanol–water partition coefficient (Wildman–Crippen LogP) is 3.99. The fourth-order valence-electron chi connectivity index (χ4n) is 1.40. The smallest absolute Gasteiger partial charge is 0.137 e. The van der Waals surface area contributed by atoms with Gasteiger partial charge in [-0.2, -0.15) is 0 Å². The van der Waals surface area contributed by atoms with E-state index in [1.54, 1.807) is 12.1 Å². The van der Waals surface area contributed by atoms with E-state index in [1.807, 2.05) is 0 Å². The highest BCUT2D eigenvalue weighted by atomic mass is 79.9. The lowest BCUT2D eigenvalue weighted by atomic mass is 10.1. The standard InChI is InChI=1S/C13H17BrFN/c1-3-6-16-9-10(2)7-11-4-5-13(15)12(14)8-11/h4-5,7-8,16H,3,6,9H2,1-2H3. The zero-order valence-electron chi connectivity index (χ0n) is 9.69. The number of halogens is 2. The lowest BCUT2D eigenvalue weighted by Gasteiger charge is -2.04. The number of nitrogens with one attached hydrogen (secondary N) is 1. The van der Waals surface area contributed by atoms with Gasteiger partial charge in [-0.1, -0.05) is 24.6 Å². The topological polar surface area (TPSA) is 12.0 Å². The minimum atomic E-state index is -0.223. The molecule has 0 bridgehead atoms. The quantitative estimate of drug-likeness (QED) is 0.807. The molecule has 1 N–H and O–H groups in total. The predicted molar refractivity (Wildman–Crippen MR) is 70.9 cm³/mol. The Morgan fingerprint density at radius 1 is 1.50 bits per heavy atom. The lowest BCUT2D eigenvalue weighted by Crippen LogP contribution is -2.16. The molecule has 0 radical (unpaired) electrons. The Morgan fingerprint density at radius 2 is 2.25 bits per heavy atom. The summed E-state index contributed by atoms with van der Waals surface area (Å²) in [7, 11) is 0. The maximum atomic E-state index is 13.0. The molecule has 1 aromatic rings. The van der Waals surface area contributed by atoms with Crippen molar-refractivity contribution in [1.29, 1.82) is 0 Å². The molecule has 16 heavy (non-hydrogen) atoms. The summed E-state index contributed by atoms with van der Waals surface area (Å²) >= 11 is 3.18. The van der Waals surface area contributed by atoms with E-state index in [4.69, 9.17) is 0 Å². The van der Waals surface area contributed by atoms with Gasteiger partial charge in [0, 0.05) is 6.54 Å². The number of benzene rings is 1. The van der Waals surface area contributed by atoms with Crippen molar-refractivity contribution in [2.75, 3.05) is 13.1 Å². The van der Waals surface area contributed by atoms with Gasteiger partial charge in [0.15, 0.2) is 0 Å². The van der Waals surface area contributed by atoms with Crippen molar-refractivity contribution in [2.24, 2.45) is 0 Å². The van der Waals surface area contributed by atoms with Crippen molar-refractivity contribution in [3.05, 3.63) is 39.6 Å². The normalized spacial score (nSPS) is 11.9. The van der Waals surface area contributed by atoms with Crippen LogP contribution in [-0.2, 0) is 0 Å². The van der Waals surface area contributed by atoms with Gasteiger partial charge in [0.05, 0.1) is 4.47 Å². The number of hydrogen-bond acceptors (Lipinski definition) is 1. The molecule has 0 aliphatic rings. The van der Waals surface area contributed by atoms with Crippen molar-refractivity contribution in [3.8, 4) is 0 Å². The summed E-state index contributed by atoms with van der Waals surface area (Å²) in [5.74, 6) is -0.223. The van der Waals surface area contributed by atoms with Crippen LogP contribution in [0.25, 0.3) is 6.08 Å². The molecule has 3 heteroatoms. The Labute approximate surface area is 105 Å². The molecule has 0 atom stereocenters. The van der Waals surface area contributed by atoms with Gasteiger partial charge in [-0.3, -0.25) is 0 Å². The minimum Gasteiger partial charge on any atom is -0.313 e. The summed E-state index contributed by atoms with van der Waals surface area (Å²) in [4.78, 5) is 0. The van der Waals surface area contributed by atoms with Gasteiger partial charge in [0.2, 0.25) is 0 Å². The van der Waals surface area contributed by atoms with Crippen LogP contribution >= 0.6 is 15.9 Å². The molecule has 0 spiro atoms. The third-order valence-electron chi connectivity index (χ3n) is 2.19. The van der Waals surface area contributed by atoms with E-state index in [-0.39, 0.29) is 5.82 Å². The Kier molecular flexibility index (Phi) is 5.71. The Bertz CT molecular complexity index is 374. The molecule has 0 unspecified atom stereocenters. The molecule has 0 aliphatic carbocycles. The fraction of sp³-hybridized carbons (Fsp3) is 0.385. The molecule has 0 saturated heterocycles. The van der Waals surface area contributed by atoms with Gasteiger partial charge < -0.3 is 5.32 Å². The van der Waals surface area contributed by atoms with Crippen molar-refractivity contribution in [3.63, 3.8) is 0 Å². The van der Waals surface area contributed by atoms with Crippen LogP contribution in [0.15, 0.2) is 28.2 Å². The number of hydrogen-bond donors (Lipinski definition) is 1. The molecule has 1 nitrogen and oxygen atoms in total. The largest absolute Gasteiger partial charge is 0.313 e. The van der Waals surface area contributed by atoms with Gasteiger partial charge >= 0.3 is 0 Å². The lowest BCUT2D eigenvalue weighted by molar-refractivity contribution is 0.621. The zero-order chi connectivity index (χ0) is 12.0. The van der Waals surface area contributed by atoms with Crippen LogP contribution in [-0.4, -0.2) is 13.1 Å². The summed E-state index contributed by atoms with van der Waals surface area (Å²) in [5.41, 5.74) is 2.26. The van der Waals surface area contributed by atoms with Crippen LogP contribution in [0.1, 0.15) is 25.8 Å². The Hall–Kier alpha value is -0.670. The summed E-state index contributed by atoms with van der Waals surface area (Å²) in [6, 6.07) is 5.05. The highest BCUT2D eigenvalue weighted by molar-refractivity contribution is 9.10. The van der Waals surface area contributed by atoms with E-state index in [0.717, 1.165) is 25.1 Å². The van der Waals surface area contributed by atoms with Gasteiger partial charge in [-0.25, -0.2) is 4.39 Å². The van der Waals surface area contributed by atoms with E-state index in [2.05, 4.69) is 41.2 Å². The molecule has 0 fully saturated rings. The maximum Gasteiger partial charge on any atom is 0.137 e. The third kappa shape index (κ3) is 4.45. The molecule has 88 valence electrons. The third-order valence-corrected chi connectivity index (χ3v) is 2.80. The van der Waals surface area contributed by atoms with Gasteiger partial charge in [0.1, 0.15) is 5.82 Å². The molecule has 1 rings (SSSR count). The highest BCUT2D eigenvalue weighted by Gasteiger charge is 1.98. The average Bonchev–Trinajstić information content (AvgIpc) is 2.24. The van der Waals surface area contributed by atoms with Crippen LogP contribution in [0.4, 0.5) is 4.39 Å². The van der Waals surface area contributed by atoms with Crippen LogP contribution in [0.5, 0.6) is 0 Å². The Morgan fingerprint density at radius 3 is 2.88 bits per heavy atom. The van der Waals surface area contributed by atoms with E-state index < -0.39 is 0 Å².